The van der Waals surface area contributed by atoms with Gasteiger partial charge in [-0.25, -0.2) is 0 Å². The van der Waals surface area contributed by atoms with Gasteiger partial charge in [-0.15, -0.1) is 0 Å². The lowest BCUT2D eigenvalue weighted by molar-refractivity contribution is 0.0810. The quantitative estimate of drug-likeness (QED) is 0.569. The molecule has 0 amide bonds. The van der Waals surface area contributed by atoms with Gasteiger partial charge < -0.3 is 0 Å². The van der Waals surface area contributed by atoms with Crippen molar-refractivity contribution in [1.29, 1.82) is 0 Å². The lowest BCUT2D eigenvalue weighted by atomic mass is 9.63. The SMILES string of the molecule is C/C=C/C(C)C1CCC2CCCCC21C. The maximum absolute atomic E-state index is 2.58. The Hall–Kier alpha value is -0.260. The second-order valence-corrected chi connectivity index (χ2v) is 6.02. The van der Waals surface area contributed by atoms with E-state index < -0.39 is 0 Å². The van der Waals surface area contributed by atoms with Crippen molar-refractivity contribution in [3.8, 4) is 0 Å². The average molecular weight is 206 g/mol. The van der Waals surface area contributed by atoms with Crippen molar-refractivity contribution in [2.75, 3.05) is 0 Å². The van der Waals surface area contributed by atoms with Crippen LogP contribution in [0.3, 0.4) is 0 Å². The van der Waals surface area contributed by atoms with Gasteiger partial charge in [0.05, 0.1) is 0 Å². The number of fused-ring (bicyclic) bond motifs is 1. The summed E-state index contributed by atoms with van der Waals surface area (Å²) in [6.07, 6.45) is 13.6. The molecule has 0 N–H and O–H groups in total. The smallest absolute Gasteiger partial charge is 0.0228 e. The molecule has 2 rings (SSSR count). The molecule has 0 spiro atoms. The molecular formula is C15H26. The van der Waals surface area contributed by atoms with E-state index in [0.29, 0.717) is 5.41 Å². The van der Waals surface area contributed by atoms with Gasteiger partial charge >= 0.3 is 0 Å². The van der Waals surface area contributed by atoms with Crippen molar-refractivity contribution < 1.29 is 0 Å². The highest BCUT2D eigenvalue weighted by Crippen LogP contribution is 2.57. The van der Waals surface area contributed by atoms with Crippen molar-refractivity contribution in [2.45, 2.75) is 59.3 Å². The number of rotatable bonds is 2. The maximum atomic E-state index is 2.58. The Morgan fingerprint density at radius 3 is 2.73 bits per heavy atom. The molecule has 4 atom stereocenters. The topological polar surface area (TPSA) is 0 Å². The molecule has 4 unspecified atom stereocenters. The Labute approximate surface area is 95.1 Å². The molecule has 2 saturated carbocycles. The fourth-order valence-electron chi connectivity index (χ4n) is 4.40. The van der Waals surface area contributed by atoms with E-state index in [1.165, 1.54) is 38.5 Å². The van der Waals surface area contributed by atoms with E-state index in [4.69, 9.17) is 0 Å². The lowest BCUT2D eigenvalue weighted by Gasteiger charge is -2.42. The van der Waals surface area contributed by atoms with Gasteiger partial charge in [0.25, 0.3) is 0 Å². The first-order chi connectivity index (χ1) is 7.18. The van der Waals surface area contributed by atoms with E-state index in [2.05, 4.69) is 32.9 Å². The van der Waals surface area contributed by atoms with E-state index in [0.717, 1.165) is 17.8 Å². The zero-order valence-electron chi connectivity index (χ0n) is 10.6. The van der Waals surface area contributed by atoms with Crippen LogP contribution in [0, 0.1) is 23.2 Å². The Morgan fingerprint density at radius 1 is 1.20 bits per heavy atom. The molecule has 0 aliphatic heterocycles. The van der Waals surface area contributed by atoms with Crippen LogP contribution in [0.25, 0.3) is 0 Å². The summed E-state index contributed by atoms with van der Waals surface area (Å²) in [7, 11) is 0. The van der Waals surface area contributed by atoms with Gasteiger partial charge in [-0.1, -0.05) is 38.8 Å². The van der Waals surface area contributed by atoms with Crippen LogP contribution in [-0.2, 0) is 0 Å². The lowest BCUT2D eigenvalue weighted by Crippen LogP contribution is -2.34. The summed E-state index contributed by atoms with van der Waals surface area (Å²) >= 11 is 0. The molecular weight excluding hydrogens is 180 g/mol. The van der Waals surface area contributed by atoms with Gasteiger partial charge in [-0.2, -0.15) is 0 Å². The molecule has 0 radical (unpaired) electrons. The van der Waals surface area contributed by atoms with Gasteiger partial charge in [0, 0.05) is 0 Å². The third-order valence-corrected chi connectivity index (χ3v) is 5.25. The van der Waals surface area contributed by atoms with Crippen molar-refractivity contribution in [2.24, 2.45) is 23.2 Å². The van der Waals surface area contributed by atoms with Crippen LogP contribution in [0.4, 0.5) is 0 Å². The second kappa shape index (κ2) is 4.31. The first kappa shape index (κ1) is 11.2. The van der Waals surface area contributed by atoms with Crippen LogP contribution in [0.5, 0.6) is 0 Å². The predicted octanol–water partition coefficient (Wildman–Crippen LogP) is 4.81. The van der Waals surface area contributed by atoms with Crippen molar-refractivity contribution in [3.63, 3.8) is 0 Å². The first-order valence-electron chi connectivity index (χ1n) is 6.81. The third-order valence-electron chi connectivity index (χ3n) is 5.25. The summed E-state index contributed by atoms with van der Waals surface area (Å²) in [5, 5.41) is 0. The monoisotopic (exact) mass is 206 g/mol. The van der Waals surface area contributed by atoms with Gasteiger partial charge in [0.2, 0.25) is 0 Å². The highest BCUT2D eigenvalue weighted by molar-refractivity contribution is 5.02. The molecule has 86 valence electrons. The summed E-state index contributed by atoms with van der Waals surface area (Å²) in [6.45, 7) is 7.16. The Morgan fingerprint density at radius 2 is 2.00 bits per heavy atom. The summed E-state index contributed by atoms with van der Waals surface area (Å²) in [6, 6.07) is 0. The van der Waals surface area contributed by atoms with Gasteiger partial charge in [0.1, 0.15) is 0 Å². The standard InChI is InChI=1S/C15H26/c1-4-7-12(2)14-10-9-13-8-5-6-11-15(13,14)3/h4,7,12-14H,5-6,8-11H2,1-3H3/b7-4+. The zero-order valence-corrected chi connectivity index (χ0v) is 10.6. The molecule has 2 aliphatic carbocycles. The van der Waals surface area contributed by atoms with E-state index in [-0.39, 0.29) is 0 Å². The molecule has 0 saturated heterocycles. The van der Waals surface area contributed by atoms with Crippen molar-refractivity contribution in [3.05, 3.63) is 12.2 Å². The highest BCUT2D eigenvalue weighted by atomic mass is 14.5. The van der Waals surface area contributed by atoms with E-state index in [1.807, 2.05) is 0 Å². The zero-order chi connectivity index (χ0) is 10.9. The molecule has 0 heterocycles. The normalized spacial score (nSPS) is 43.1. The van der Waals surface area contributed by atoms with E-state index in [9.17, 15) is 0 Å². The highest BCUT2D eigenvalue weighted by Gasteiger charge is 2.48. The molecule has 0 bridgehead atoms. The number of hydrogen-bond acceptors (Lipinski definition) is 0. The van der Waals surface area contributed by atoms with Crippen LogP contribution in [-0.4, -0.2) is 0 Å². The number of hydrogen-bond donors (Lipinski definition) is 0. The van der Waals surface area contributed by atoms with Crippen molar-refractivity contribution >= 4 is 0 Å². The summed E-state index contributed by atoms with van der Waals surface area (Å²) < 4.78 is 0. The van der Waals surface area contributed by atoms with Crippen LogP contribution in [0.1, 0.15) is 59.3 Å². The van der Waals surface area contributed by atoms with E-state index >= 15 is 0 Å². The Bertz CT molecular complexity index is 240. The van der Waals surface area contributed by atoms with Gasteiger partial charge in [-0.3, -0.25) is 0 Å². The fourth-order valence-corrected chi connectivity index (χ4v) is 4.40. The minimum Gasteiger partial charge on any atom is -0.0914 e. The molecule has 0 nitrogen and oxygen atoms in total. The number of allylic oxidation sites excluding steroid dienone is 2. The van der Waals surface area contributed by atoms with Crippen LogP contribution < -0.4 is 0 Å². The first-order valence-corrected chi connectivity index (χ1v) is 6.81. The van der Waals surface area contributed by atoms with Crippen LogP contribution in [0.2, 0.25) is 0 Å². The minimum absolute atomic E-state index is 0.678. The molecule has 0 heteroatoms. The van der Waals surface area contributed by atoms with Crippen LogP contribution >= 0.6 is 0 Å². The minimum atomic E-state index is 0.678. The molecule has 0 aromatic rings. The van der Waals surface area contributed by atoms with Crippen molar-refractivity contribution in [1.82, 2.24) is 0 Å². The Kier molecular flexibility index (Phi) is 3.23. The molecule has 2 fully saturated rings. The fraction of sp³-hybridized carbons (Fsp3) is 0.867. The molecule has 15 heavy (non-hydrogen) atoms. The van der Waals surface area contributed by atoms with E-state index in [1.54, 1.807) is 0 Å². The van der Waals surface area contributed by atoms with Crippen LogP contribution in [0.15, 0.2) is 12.2 Å². The summed E-state index contributed by atoms with van der Waals surface area (Å²) in [5.41, 5.74) is 0.678. The maximum Gasteiger partial charge on any atom is -0.0228 e. The summed E-state index contributed by atoms with van der Waals surface area (Å²) in [5.74, 6) is 2.80. The Balaban J connectivity index is 2.13. The average Bonchev–Trinajstić information content (AvgIpc) is 2.55. The largest absolute Gasteiger partial charge is 0.0914 e. The van der Waals surface area contributed by atoms with Gasteiger partial charge in [-0.05, 0) is 55.8 Å². The molecule has 2 aliphatic rings. The predicted molar refractivity (Wildman–Crippen MR) is 66.8 cm³/mol. The second-order valence-electron chi connectivity index (χ2n) is 6.02. The molecule has 0 aromatic heterocycles. The summed E-state index contributed by atoms with van der Waals surface area (Å²) in [4.78, 5) is 0. The third kappa shape index (κ3) is 1.88. The van der Waals surface area contributed by atoms with Gasteiger partial charge in [0.15, 0.2) is 0 Å². The molecule has 0 aromatic carbocycles.